The van der Waals surface area contributed by atoms with E-state index >= 15 is 4.39 Å². The number of halogens is 2. The fourth-order valence-corrected chi connectivity index (χ4v) is 6.85. The van der Waals surface area contributed by atoms with Crippen molar-refractivity contribution in [3.63, 3.8) is 0 Å². The summed E-state index contributed by atoms with van der Waals surface area (Å²) in [5.74, 6) is -0.963. The van der Waals surface area contributed by atoms with Gasteiger partial charge in [0.2, 0.25) is 5.50 Å². The maximum Gasteiger partial charge on any atom is 0.274 e. The van der Waals surface area contributed by atoms with Crippen molar-refractivity contribution in [2.45, 2.75) is 48.9 Å². The van der Waals surface area contributed by atoms with E-state index in [1.54, 1.807) is 13.0 Å². The number of nitrogens with one attached hydrogen (secondary N) is 1. The van der Waals surface area contributed by atoms with Crippen molar-refractivity contribution in [1.29, 1.82) is 0 Å². The number of anilines is 1. The summed E-state index contributed by atoms with van der Waals surface area (Å²) >= 11 is 0. The molecule has 11 heteroatoms. The van der Waals surface area contributed by atoms with Gasteiger partial charge in [-0.15, -0.1) is 10.6 Å². The molecule has 178 valence electrons. The fraction of sp³-hybridized carbons (Fsp3) is 0.409. The van der Waals surface area contributed by atoms with E-state index in [1.165, 1.54) is 32.4 Å². The molecule has 1 aromatic heterocycles. The SMILES string of the molecule is COc1cnc(C(=O)Nc2ccc(F)c([C@@]3(C)N=C(N)C4(CCC4)S(O)(O)[C@@H]3F)c2)c(C)c1. The van der Waals surface area contributed by atoms with E-state index in [4.69, 9.17) is 10.5 Å². The molecule has 33 heavy (non-hydrogen) atoms. The van der Waals surface area contributed by atoms with Gasteiger partial charge < -0.3 is 15.8 Å². The summed E-state index contributed by atoms with van der Waals surface area (Å²) in [5.41, 5.74) is 2.44. The number of nitrogens with two attached hydrogens (primary N) is 1. The summed E-state index contributed by atoms with van der Waals surface area (Å²) in [6.07, 6.45) is 2.69. The zero-order valence-corrected chi connectivity index (χ0v) is 19.2. The summed E-state index contributed by atoms with van der Waals surface area (Å²) in [6, 6.07) is 5.24. The summed E-state index contributed by atoms with van der Waals surface area (Å²) in [6.45, 7) is 2.96. The van der Waals surface area contributed by atoms with Crippen LogP contribution in [0.5, 0.6) is 5.75 Å². The van der Waals surface area contributed by atoms with Crippen LogP contribution in [-0.4, -0.2) is 43.2 Å². The molecule has 1 aliphatic carbocycles. The largest absolute Gasteiger partial charge is 0.495 e. The number of methoxy groups -OCH3 is 1. The first kappa shape index (κ1) is 23.4. The van der Waals surface area contributed by atoms with Crippen LogP contribution in [0, 0.1) is 12.7 Å². The summed E-state index contributed by atoms with van der Waals surface area (Å²) in [7, 11) is -2.39. The van der Waals surface area contributed by atoms with E-state index in [-0.39, 0.29) is 22.8 Å². The molecule has 4 rings (SSSR count). The van der Waals surface area contributed by atoms with Gasteiger partial charge in [0.15, 0.2) is 0 Å². The lowest BCUT2D eigenvalue weighted by molar-refractivity contribution is 0.102. The minimum atomic E-state index is -3.88. The van der Waals surface area contributed by atoms with Gasteiger partial charge in [-0.1, -0.05) is 0 Å². The number of hydrogen-bond donors (Lipinski definition) is 4. The number of amides is 1. The second-order valence-corrected chi connectivity index (χ2v) is 11.0. The molecule has 1 fully saturated rings. The number of nitrogens with zero attached hydrogens (tertiary/aromatic N) is 2. The molecule has 2 atom stereocenters. The van der Waals surface area contributed by atoms with Gasteiger partial charge in [0.25, 0.3) is 5.91 Å². The number of ether oxygens (including phenoxy) is 1. The third-order valence-electron chi connectivity index (χ3n) is 6.56. The normalized spacial score (nSPS) is 26.2. The zero-order chi connectivity index (χ0) is 24.2. The molecule has 1 aliphatic heterocycles. The highest BCUT2D eigenvalue weighted by molar-refractivity contribution is 8.26. The predicted octanol–water partition coefficient (Wildman–Crippen LogP) is 4.34. The third-order valence-corrected chi connectivity index (χ3v) is 9.36. The van der Waals surface area contributed by atoms with E-state index in [0.717, 1.165) is 6.07 Å². The number of aliphatic imine (C=N–C) groups is 1. The molecule has 0 bridgehead atoms. The van der Waals surface area contributed by atoms with E-state index in [9.17, 15) is 18.3 Å². The van der Waals surface area contributed by atoms with Crippen LogP contribution in [0.25, 0.3) is 0 Å². The Bertz CT molecular complexity index is 1160. The number of hydrogen-bond acceptors (Lipinski definition) is 7. The van der Waals surface area contributed by atoms with Gasteiger partial charge in [0.1, 0.15) is 33.4 Å². The zero-order valence-electron chi connectivity index (χ0n) is 18.4. The second-order valence-electron chi connectivity index (χ2n) is 8.59. The van der Waals surface area contributed by atoms with Crippen LogP contribution in [0.3, 0.4) is 0 Å². The quantitative estimate of drug-likeness (QED) is 0.515. The molecule has 0 radical (unpaired) electrons. The first-order valence-corrected chi connectivity index (χ1v) is 12.0. The van der Waals surface area contributed by atoms with Gasteiger partial charge in [-0.3, -0.25) is 18.9 Å². The van der Waals surface area contributed by atoms with Gasteiger partial charge in [-0.25, -0.2) is 13.8 Å². The molecule has 2 heterocycles. The molecule has 5 N–H and O–H groups in total. The number of carbonyl (C=O) groups excluding carboxylic acids is 1. The van der Waals surface area contributed by atoms with Gasteiger partial charge in [0.05, 0.1) is 13.3 Å². The van der Waals surface area contributed by atoms with Crippen molar-refractivity contribution in [2.75, 3.05) is 12.4 Å². The second kappa shape index (κ2) is 7.93. The van der Waals surface area contributed by atoms with Gasteiger partial charge in [-0.2, -0.15) is 0 Å². The average Bonchev–Trinajstić information content (AvgIpc) is 2.72. The third kappa shape index (κ3) is 3.46. The number of benzene rings is 1. The molecule has 1 spiro atoms. The number of rotatable bonds is 4. The minimum Gasteiger partial charge on any atom is -0.495 e. The highest BCUT2D eigenvalue weighted by Gasteiger charge is 2.63. The topological polar surface area (TPSA) is 130 Å². The van der Waals surface area contributed by atoms with Crippen LogP contribution < -0.4 is 15.8 Å². The molecule has 0 saturated heterocycles. The molecular weight excluding hydrogens is 454 g/mol. The van der Waals surface area contributed by atoms with Gasteiger partial charge in [-0.05, 0) is 62.9 Å². The van der Waals surface area contributed by atoms with Crippen molar-refractivity contribution in [3.05, 3.63) is 53.1 Å². The highest BCUT2D eigenvalue weighted by atomic mass is 32.3. The Labute approximate surface area is 191 Å². The molecular formula is C22H26F2N4O4S. The number of aromatic nitrogens is 1. The predicted molar refractivity (Wildman–Crippen MR) is 123 cm³/mol. The molecule has 8 nitrogen and oxygen atoms in total. The van der Waals surface area contributed by atoms with Gasteiger partial charge in [0, 0.05) is 11.3 Å². The lowest BCUT2D eigenvalue weighted by Gasteiger charge is -2.61. The molecule has 1 aromatic carbocycles. The summed E-state index contributed by atoms with van der Waals surface area (Å²) in [5, 5.41) is 2.62. The Morgan fingerprint density at radius 3 is 2.61 bits per heavy atom. The summed E-state index contributed by atoms with van der Waals surface area (Å²) < 4.78 is 55.9. The maximum atomic E-state index is 15.6. The Morgan fingerprint density at radius 1 is 1.33 bits per heavy atom. The van der Waals surface area contributed by atoms with Crippen LogP contribution in [0.4, 0.5) is 14.5 Å². The number of pyridine rings is 1. The Kier molecular flexibility index (Phi) is 5.62. The smallest absolute Gasteiger partial charge is 0.274 e. The first-order chi connectivity index (χ1) is 15.5. The highest BCUT2D eigenvalue weighted by Crippen LogP contribution is 2.70. The number of carbonyl (C=O) groups is 1. The van der Waals surface area contributed by atoms with Crippen LogP contribution in [-0.2, 0) is 5.54 Å². The lowest BCUT2D eigenvalue weighted by Crippen LogP contribution is -2.61. The summed E-state index contributed by atoms with van der Waals surface area (Å²) in [4.78, 5) is 21.1. The molecule has 1 saturated carbocycles. The van der Waals surface area contributed by atoms with Crippen LogP contribution >= 0.6 is 10.6 Å². The lowest BCUT2D eigenvalue weighted by atomic mass is 9.82. The molecule has 1 amide bonds. The van der Waals surface area contributed by atoms with E-state index in [2.05, 4.69) is 15.3 Å². The van der Waals surface area contributed by atoms with E-state index in [1.807, 2.05) is 0 Å². The minimum absolute atomic E-state index is 0.0861. The van der Waals surface area contributed by atoms with Crippen LogP contribution in [0.2, 0.25) is 0 Å². The fourth-order valence-electron chi connectivity index (χ4n) is 4.39. The van der Waals surface area contributed by atoms with Crippen molar-refractivity contribution in [2.24, 2.45) is 10.7 Å². The maximum absolute atomic E-state index is 15.6. The van der Waals surface area contributed by atoms with E-state index < -0.39 is 38.1 Å². The molecule has 2 aromatic rings. The first-order valence-electron chi connectivity index (χ1n) is 10.3. The van der Waals surface area contributed by atoms with Crippen molar-refractivity contribution in [3.8, 4) is 5.75 Å². The van der Waals surface area contributed by atoms with Crippen molar-refractivity contribution >= 4 is 28.0 Å². The van der Waals surface area contributed by atoms with Gasteiger partial charge >= 0.3 is 0 Å². The van der Waals surface area contributed by atoms with E-state index in [0.29, 0.717) is 30.6 Å². The van der Waals surface area contributed by atoms with Crippen molar-refractivity contribution < 1.29 is 27.4 Å². The average molecular weight is 481 g/mol. The standard InChI is InChI=1S/C22H26F2N4O4S/c1-12-9-14(32-3)11-26-17(12)18(29)27-13-5-6-16(23)15(10-13)21(2)19(24)33(30,31)22(7-4-8-22)20(25)28-21/h5-6,9-11,19,30-31H,4,7-8H2,1-3H3,(H2,25,28)(H,27,29)/t19-,21+/m0/s1. The molecule has 0 unspecified atom stereocenters. The number of amidine groups is 1. The Balaban J connectivity index is 1.70. The Hall–Kier alpha value is -2.76. The monoisotopic (exact) mass is 480 g/mol. The Morgan fingerprint density at radius 2 is 2.03 bits per heavy atom. The molecule has 2 aliphatic rings. The van der Waals surface area contributed by atoms with Crippen LogP contribution in [0.1, 0.15) is 47.8 Å². The number of aryl methyl sites for hydroxylation is 1. The van der Waals surface area contributed by atoms with Crippen LogP contribution in [0.15, 0.2) is 35.5 Å². The number of alkyl halides is 1. The van der Waals surface area contributed by atoms with Crippen molar-refractivity contribution in [1.82, 2.24) is 4.98 Å².